The Labute approximate surface area is 102 Å². The number of carboxylic acids is 1. The zero-order valence-electron chi connectivity index (χ0n) is 10.4. The van der Waals surface area contributed by atoms with E-state index in [2.05, 4.69) is 37.4 Å². The van der Waals surface area contributed by atoms with Crippen molar-refractivity contribution in [2.24, 2.45) is 5.92 Å². The fraction of sp³-hybridized carbons (Fsp3) is 0.500. The van der Waals surface area contributed by atoms with Crippen LogP contribution in [0.2, 0.25) is 0 Å². The standard InChI is InChI=1S/C14H19NO2/c1-9-3-4-11(7-10(9)2)13-8-12(14(16)17)5-6-15-13/h3-4,7,12-13,15H,5-6,8H2,1-2H3,(H,16,17). The van der Waals surface area contributed by atoms with Crippen molar-refractivity contribution >= 4 is 5.97 Å². The molecule has 1 fully saturated rings. The minimum absolute atomic E-state index is 0.184. The Kier molecular flexibility index (Phi) is 3.48. The van der Waals surface area contributed by atoms with Gasteiger partial charge < -0.3 is 10.4 Å². The highest BCUT2D eigenvalue weighted by molar-refractivity contribution is 5.70. The van der Waals surface area contributed by atoms with Gasteiger partial charge in [-0.3, -0.25) is 4.79 Å². The van der Waals surface area contributed by atoms with E-state index >= 15 is 0 Å². The molecule has 2 rings (SSSR count). The number of benzene rings is 1. The van der Waals surface area contributed by atoms with Crippen molar-refractivity contribution < 1.29 is 9.90 Å². The summed E-state index contributed by atoms with van der Waals surface area (Å²) in [5.74, 6) is -0.872. The van der Waals surface area contributed by atoms with Crippen LogP contribution < -0.4 is 5.32 Å². The summed E-state index contributed by atoms with van der Waals surface area (Å²) in [4.78, 5) is 11.0. The number of aryl methyl sites for hydroxylation is 2. The predicted octanol–water partition coefficient (Wildman–Crippen LogP) is 2.43. The topological polar surface area (TPSA) is 49.3 Å². The van der Waals surface area contributed by atoms with Gasteiger partial charge in [0.15, 0.2) is 0 Å². The van der Waals surface area contributed by atoms with Crippen molar-refractivity contribution in [2.45, 2.75) is 32.7 Å². The number of hydrogen-bond donors (Lipinski definition) is 2. The summed E-state index contributed by atoms with van der Waals surface area (Å²) in [7, 11) is 0. The van der Waals surface area contributed by atoms with Crippen LogP contribution in [0.1, 0.15) is 35.6 Å². The van der Waals surface area contributed by atoms with E-state index in [1.54, 1.807) is 0 Å². The molecular weight excluding hydrogens is 214 g/mol. The maximum Gasteiger partial charge on any atom is 0.306 e. The van der Waals surface area contributed by atoms with Crippen molar-refractivity contribution in [1.82, 2.24) is 5.32 Å². The molecule has 3 nitrogen and oxygen atoms in total. The maximum atomic E-state index is 11.0. The molecule has 1 saturated heterocycles. The first-order valence-corrected chi connectivity index (χ1v) is 6.11. The second-order valence-electron chi connectivity index (χ2n) is 4.91. The molecule has 0 radical (unpaired) electrons. The number of nitrogens with one attached hydrogen (secondary N) is 1. The summed E-state index contributed by atoms with van der Waals surface area (Å²) in [5.41, 5.74) is 3.75. The Morgan fingerprint density at radius 2 is 2.12 bits per heavy atom. The lowest BCUT2D eigenvalue weighted by molar-refractivity contribution is -0.143. The van der Waals surface area contributed by atoms with Crippen LogP contribution in [-0.2, 0) is 4.79 Å². The summed E-state index contributed by atoms with van der Waals surface area (Å²) in [5, 5.41) is 12.5. The van der Waals surface area contributed by atoms with Crippen LogP contribution in [0.3, 0.4) is 0 Å². The van der Waals surface area contributed by atoms with Gasteiger partial charge >= 0.3 is 5.97 Å². The molecule has 17 heavy (non-hydrogen) atoms. The van der Waals surface area contributed by atoms with E-state index in [1.807, 2.05) is 0 Å². The Morgan fingerprint density at radius 3 is 2.76 bits per heavy atom. The quantitative estimate of drug-likeness (QED) is 0.824. The Hall–Kier alpha value is -1.35. The highest BCUT2D eigenvalue weighted by atomic mass is 16.4. The molecule has 3 heteroatoms. The summed E-state index contributed by atoms with van der Waals surface area (Å²) < 4.78 is 0. The van der Waals surface area contributed by atoms with E-state index in [-0.39, 0.29) is 12.0 Å². The van der Waals surface area contributed by atoms with Gasteiger partial charge in [-0.25, -0.2) is 0 Å². The number of carboxylic acid groups (broad SMARTS) is 1. The monoisotopic (exact) mass is 233 g/mol. The smallest absolute Gasteiger partial charge is 0.306 e. The van der Waals surface area contributed by atoms with E-state index in [1.165, 1.54) is 16.7 Å². The van der Waals surface area contributed by atoms with Gasteiger partial charge in [-0.15, -0.1) is 0 Å². The second-order valence-corrected chi connectivity index (χ2v) is 4.91. The fourth-order valence-corrected chi connectivity index (χ4v) is 2.38. The van der Waals surface area contributed by atoms with Crippen molar-refractivity contribution in [2.75, 3.05) is 6.54 Å². The number of carbonyl (C=O) groups is 1. The summed E-state index contributed by atoms with van der Waals surface area (Å²) in [6, 6.07) is 6.56. The van der Waals surface area contributed by atoms with Gasteiger partial charge in [0.1, 0.15) is 0 Å². The Balaban J connectivity index is 2.16. The van der Waals surface area contributed by atoms with Gasteiger partial charge in [-0.2, -0.15) is 0 Å². The SMILES string of the molecule is Cc1ccc(C2CC(C(=O)O)CCN2)cc1C. The molecular formula is C14H19NO2. The van der Waals surface area contributed by atoms with Gasteiger partial charge in [-0.1, -0.05) is 18.2 Å². The van der Waals surface area contributed by atoms with Crippen molar-refractivity contribution in [3.63, 3.8) is 0 Å². The fourth-order valence-electron chi connectivity index (χ4n) is 2.38. The third kappa shape index (κ3) is 2.67. The molecule has 0 spiro atoms. The molecule has 0 saturated carbocycles. The average molecular weight is 233 g/mol. The van der Waals surface area contributed by atoms with Gasteiger partial charge in [0.25, 0.3) is 0 Å². The van der Waals surface area contributed by atoms with Gasteiger partial charge in [0, 0.05) is 6.04 Å². The molecule has 2 unspecified atom stereocenters. The summed E-state index contributed by atoms with van der Waals surface area (Å²) >= 11 is 0. The van der Waals surface area contributed by atoms with Crippen LogP contribution >= 0.6 is 0 Å². The third-order valence-electron chi connectivity index (χ3n) is 3.69. The normalized spacial score (nSPS) is 24.6. The molecule has 2 N–H and O–H groups in total. The molecule has 0 amide bonds. The molecule has 0 bridgehead atoms. The molecule has 1 aromatic carbocycles. The predicted molar refractivity (Wildman–Crippen MR) is 67.0 cm³/mol. The Morgan fingerprint density at radius 1 is 1.35 bits per heavy atom. The lowest BCUT2D eigenvalue weighted by Gasteiger charge is -2.28. The van der Waals surface area contributed by atoms with E-state index < -0.39 is 5.97 Å². The molecule has 0 aliphatic carbocycles. The van der Waals surface area contributed by atoms with E-state index in [9.17, 15) is 4.79 Å². The average Bonchev–Trinajstić information content (AvgIpc) is 2.33. The van der Waals surface area contributed by atoms with Crippen LogP contribution in [0.5, 0.6) is 0 Å². The minimum atomic E-state index is -0.666. The van der Waals surface area contributed by atoms with Gasteiger partial charge in [0.05, 0.1) is 5.92 Å². The molecule has 1 aromatic rings. The molecule has 92 valence electrons. The number of piperidine rings is 1. The number of rotatable bonds is 2. The maximum absolute atomic E-state index is 11.0. The number of aliphatic carboxylic acids is 1. The highest BCUT2D eigenvalue weighted by Crippen LogP contribution is 2.28. The first-order chi connectivity index (χ1) is 8.08. The van der Waals surface area contributed by atoms with E-state index in [4.69, 9.17) is 5.11 Å². The molecule has 2 atom stereocenters. The van der Waals surface area contributed by atoms with E-state index in [0.717, 1.165) is 13.0 Å². The third-order valence-corrected chi connectivity index (χ3v) is 3.69. The van der Waals surface area contributed by atoms with Crippen molar-refractivity contribution in [3.05, 3.63) is 34.9 Å². The highest BCUT2D eigenvalue weighted by Gasteiger charge is 2.27. The first-order valence-electron chi connectivity index (χ1n) is 6.11. The Bertz CT molecular complexity index is 428. The van der Waals surface area contributed by atoms with Crippen LogP contribution in [0.15, 0.2) is 18.2 Å². The molecule has 1 aliphatic rings. The lowest BCUT2D eigenvalue weighted by atomic mass is 9.88. The van der Waals surface area contributed by atoms with Gasteiger partial charge in [0.2, 0.25) is 0 Å². The first kappa shape index (κ1) is 12.1. The zero-order valence-corrected chi connectivity index (χ0v) is 10.4. The lowest BCUT2D eigenvalue weighted by Crippen LogP contribution is -2.34. The van der Waals surface area contributed by atoms with Gasteiger partial charge in [-0.05, 0) is 49.9 Å². The van der Waals surface area contributed by atoms with Crippen LogP contribution in [0, 0.1) is 19.8 Å². The van der Waals surface area contributed by atoms with Crippen LogP contribution in [0.25, 0.3) is 0 Å². The second kappa shape index (κ2) is 4.88. The summed E-state index contributed by atoms with van der Waals surface area (Å²) in [6.45, 7) is 4.97. The van der Waals surface area contributed by atoms with Crippen molar-refractivity contribution in [3.8, 4) is 0 Å². The number of hydrogen-bond acceptors (Lipinski definition) is 2. The molecule has 1 aliphatic heterocycles. The van der Waals surface area contributed by atoms with E-state index in [0.29, 0.717) is 6.42 Å². The van der Waals surface area contributed by atoms with Crippen LogP contribution in [-0.4, -0.2) is 17.6 Å². The zero-order chi connectivity index (χ0) is 12.4. The largest absolute Gasteiger partial charge is 0.481 e. The molecule has 0 aromatic heterocycles. The minimum Gasteiger partial charge on any atom is -0.481 e. The van der Waals surface area contributed by atoms with Crippen molar-refractivity contribution in [1.29, 1.82) is 0 Å². The van der Waals surface area contributed by atoms with Crippen LogP contribution in [0.4, 0.5) is 0 Å². The summed E-state index contributed by atoms with van der Waals surface area (Å²) in [6.07, 6.45) is 1.43. The molecule has 1 heterocycles.